The highest BCUT2D eigenvalue weighted by Crippen LogP contribution is 2.25. The van der Waals surface area contributed by atoms with Gasteiger partial charge in [-0.3, -0.25) is 4.90 Å². The zero-order valence-electron chi connectivity index (χ0n) is 16.0. The highest BCUT2D eigenvalue weighted by atomic mass is 16.3. The molecule has 2 aromatic heterocycles. The summed E-state index contributed by atoms with van der Waals surface area (Å²) in [6.45, 7) is 4.54. The van der Waals surface area contributed by atoms with Gasteiger partial charge in [0.25, 0.3) is 0 Å². The number of nitrogens with one attached hydrogen (secondary N) is 1. The highest BCUT2D eigenvalue weighted by Gasteiger charge is 2.30. The minimum atomic E-state index is -0.0674. The minimum Gasteiger partial charge on any atom is -0.459 e. The van der Waals surface area contributed by atoms with Gasteiger partial charge in [-0.1, -0.05) is 18.2 Å². The number of carbonyl (C=O) groups is 1. The zero-order valence-corrected chi connectivity index (χ0v) is 16.0. The molecule has 27 heavy (non-hydrogen) atoms. The molecule has 142 valence electrons. The molecule has 1 aromatic carbocycles. The predicted molar refractivity (Wildman–Crippen MR) is 103 cm³/mol. The molecule has 3 aromatic rings. The first kappa shape index (κ1) is 17.6. The first-order valence-electron chi connectivity index (χ1n) is 9.22. The fraction of sp³-hybridized carbons (Fsp3) is 0.400. The zero-order chi connectivity index (χ0) is 19.0. The Morgan fingerprint density at radius 1 is 1.30 bits per heavy atom. The predicted octanol–water partition coefficient (Wildman–Crippen LogP) is 2.67. The van der Waals surface area contributed by atoms with Crippen LogP contribution in [0.4, 0.5) is 4.79 Å². The van der Waals surface area contributed by atoms with Crippen LogP contribution in [0.25, 0.3) is 11.0 Å². The Morgan fingerprint density at radius 2 is 2.11 bits per heavy atom. The molecule has 0 saturated carbocycles. The molecule has 0 radical (unpaired) electrons. The van der Waals surface area contributed by atoms with Crippen LogP contribution >= 0.6 is 0 Å². The molecule has 0 spiro atoms. The fourth-order valence-corrected chi connectivity index (χ4v) is 3.70. The molecule has 4 rings (SSSR count). The van der Waals surface area contributed by atoms with E-state index in [0.29, 0.717) is 19.6 Å². The summed E-state index contributed by atoms with van der Waals surface area (Å²) in [4.78, 5) is 21.3. The molecule has 1 fully saturated rings. The first-order chi connectivity index (χ1) is 13.0. The second kappa shape index (κ2) is 7.08. The van der Waals surface area contributed by atoms with Gasteiger partial charge in [-0.15, -0.1) is 0 Å². The lowest BCUT2D eigenvalue weighted by molar-refractivity contribution is 0.104. The van der Waals surface area contributed by atoms with E-state index in [4.69, 9.17) is 4.42 Å². The first-order valence-corrected chi connectivity index (χ1v) is 9.22. The number of fused-ring (bicyclic) bond motifs is 1. The summed E-state index contributed by atoms with van der Waals surface area (Å²) < 4.78 is 7.91. The Hall–Kier alpha value is -2.80. The normalized spacial score (nSPS) is 18.2. The molecule has 1 N–H and O–H groups in total. The fourth-order valence-electron chi connectivity index (χ4n) is 3.70. The summed E-state index contributed by atoms with van der Waals surface area (Å²) in [5.41, 5.74) is 1.93. The number of carbonyl (C=O) groups excluding carboxylic acids is 1. The van der Waals surface area contributed by atoms with Crippen molar-refractivity contribution >= 4 is 17.0 Å². The third-order valence-corrected chi connectivity index (χ3v) is 5.43. The molecular formula is C20H25N5O2. The Balaban J connectivity index is 1.43. The van der Waals surface area contributed by atoms with Crippen LogP contribution < -0.4 is 5.32 Å². The second-order valence-corrected chi connectivity index (χ2v) is 7.14. The molecule has 7 nitrogen and oxygen atoms in total. The average molecular weight is 367 g/mol. The van der Waals surface area contributed by atoms with Crippen LogP contribution in [0.1, 0.15) is 23.2 Å². The van der Waals surface area contributed by atoms with E-state index in [-0.39, 0.29) is 12.1 Å². The van der Waals surface area contributed by atoms with Gasteiger partial charge < -0.3 is 19.2 Å². The van der Waals surface area contributed by atoms with Gasteiger partial charge in [0.15, 0.2) is 0 Å². The second-order valence-electron chi connectivity index (χ2n) is 7.14. The minimum absolute atomic E-state index is 0.0674. The van der Waals surface area contributed by atoms with Crippen LogP contribution in [-0.2, 0) is 13.6 Å². The van der Waals surface area contributed by atoms with Crippen LogP contribution in [0.5, 0.6) is 0 Å². The van der Waals surface area contributed by atoms with Crippen molar-refractivity contribution in [3.05, 3.63) is 53.8 Å². The van der Waals surface area contributed by atoms with E-state index in [9.17, 15) is 4.79 Å². The quantitative estimate of drug-likeness (QED) is 0.773. The number of nitrogens with zero attached hydrogens (tertiary/aromatic N) is 4. The summed E-state index contributed by atoms with van der Waals surface area (Å²) in [6.07, 6.45) is 3.74. The standard InChI is InChI=1S/C20H25N5O2/c1-14-15-6-4-5-7-17(15)27-18(14)12-22-20(26)25-11-10-23(2)16(13-25)19-21-8-9-24(19)3/h4-9,16H,10-13H2,1-3H3,(H,22,26). The molecule has 7 heteroatoms. The maximum Gasteiger partial charge on any atom is 0.317 e. The molecule has 1 saturated heterocycles. The molecular weight excluding hydrogens is 342 g/mol. The van der Waals surface area contributed by atoms with Gasteiger partial charge in [-0.2, -0.15) is 0 Å². The highest BCUT2D eigenvalue weighted by molar-refractivity contribution is 5.82. The lowest BCUT2D eigenvalue weighted by atomic mass is 10.1. The smallest absolute Gasteiger partial charge is 0.317 e. The lowest BCUT2D eigenvalue weighted by Crippen LogP contribution is -2.52. The van der Waals surface area contributed by atoms with E-state index in [1.54, 1.807) is 6.20 Å². The van der Waals surface area contributed by atoms with Crippen LogP contribution in [0.15, 0.2) is 41.1 Å². The number of amides is 2. The van der Waals surface area contributed by atoms with Gasteiger partial charge in [-0.25, -0.2) is 9.78 Å². The molecule has 1 unspecified atom stereocenters. The van der Waals surface area contributed by atoms with Gasteiger partial charge in [0.05, 0.1) is 12.6 Å². The largest absolute Gasteiger partial charge is 0.459 e. The number of piperazine rings is 1. The van der Waals surface area contributed by atoms with Crippen molar-refractivity contribution in [3.8, 4) is 0 Å². The number of likely N-dealkylation sites (N-methyl/N-ethyl adjacent to an activating group) is 1. The van der Waals surface area contributed by atoms with Gasteiger partial charge in [0.2, 0.25) is 0 Å². The Bertz CT molecular complexity index is 960. The van der Waals surface area contributed by atoms with E-state index in [1.165, 1.54) is 0 Å². The lowest BCUT2D eigenvalue weighted by Gasteiger charge is -2.38. The SMILES string of the molecule is Cc1c(CNC(=O)N2CCN(C)C(c3nccn3C)C2)oc2ccccc12. The number of rotatable bonds is 3. The van der Waals surface area contributed by atoms with E-state index in [1.807, 2.05) is 53.9 Å². The van der Waals surface area contributed by atoms with E-state index in [0.717, 1.165) is 34.7 Å². The summed E-state index contributed by atoms with van der Waals surface area (Å²) >= 11 is 0. The molecule has 0 aliphatic carbocycles. The van der Waals surface area contributed by atoms with Crippen molar-refractivity contribution in [2.45, 2.75) is 19.5 Å². The number of hydrogen-bond acceptors (Lipinski definition) is 4. The van der Waals surface area contributed by atoms with Crippen molar-refractivity contribution in [2.75, 3.05) is 26.7 Å². The topological polar surface area (TPSA) is 66.5 Å². The molecule has 3 heterocycles. The number of imidazole rings is 1. The molecule has 2 amide bonds. The molecule has 1 aliphatic heterocycles. The number of aromatic nitrogens is 2. The van der Waals surface area contributed by atoms with Crippen molar-refractivity contribution in [1.29, 1.82) is 0 Å². The number of aryl methyl sites for hydroxylation is 2. The number of hydrogen-bond donors (Lipinski definition) is 1. The Kier molecular flexibility index (Phi) is 4.61. The summed E-state index contributed by atoms with van der Waals surface area (Å²) in [6, 6.07) is 7.97. The Morgan fingerprint density at radius 3 is 2.85 bits per heavy atom. The van der Waals surface area contributed by atoms with Gasteiger partial charge in [0, 0.05) is 50.0 Å². The Labute approximate surface area is 158 Å². The van der Waals surface area contributed by atoms with Crippen LogP contribution in [0, 0.1) is 6.92 Å². The molecule has 1 atom stereocenters. The summed E-state index contributed by atoms with van der Waals surface area (Å²) in [7, 11) is 4.06. The van der Waals surface area contributed by atoms with E-state index in [2.05, 4.69) is 22.2 Å². The van der Waals surface area contributed by atoms with Gasteiger partial charge in [-0.05, 0) is 20.0 Å². The van der Waals surface area contributed by atoms with Gasteiger partial charge >= 0.3 is 6.03 Å². The van der Waals surface area contributed by atoms with Crippen molar-refractivity contribution in [1.82, 2.24) is 24.7 Å². The average Bonchev–Trinajstić information content (AvgIpc) is 3.24. The van der Waals surface area contributed by atoms with Crippen molar-refractivity contribution in [2.24, 2.45) is 7.05 Å². The number of para-hydroxylation sites is 1. The van der Waals surface area contributed by atoms with E-state index >= 15 is 0 Å². The van der Waals surface area contributed by atoms with Crippen LogP contribution in [-0.4, -0.2) is 52.1 Å². The van der Waals surface area contributed by atoms with Gasteiger partial charge in [0.1, 0.15) is 17.2 Å². The number of furan rings is 1. The van der Waals surface area contributed by atoms with Crippen molar-refractivity contribution < 1.29 is 9.21 Å². The summed E-state index contributed by atoms with van der Waals surface area (Å²) in [5.74, 6) is 1.78. The van der Waals surface area contributed by atoms with Crippen LogP contribution in [0.2, 0.25) is 0 Å². The third kappa shape index (κ3) is 3.30. The summed E-state index contributed by atoms with van der Waals surface area (Å²) in [5, 5.41) is 4.11. The van der Waals surface area contributed by atoms with E-state index < -0.39 is 0 Å². The van der Waals surface area contributed by atoms with Crippen molar-refractivity contribution in [3.63, 3.8) is 0 Å². The molecule has 0 bridgehead atoms. The monoisotopic (exact) mass is 367 g/mol. The third-order valence-electron chi connectivity index (χ3n) is 5.43. The maximum absolute atomic E-state index is 12.7. The molecule has 1 aliphatic rings. The number of benzene rings is 1. The van der Waals surface area contributed by atoms with Crippen LogP contribution in [0.3, 0.4) is 0 Å². The maximum atomic E-state index is 12.7. The number of urea groups is 1.